The zero-order valence-corrected chi connectivity index (χ0v) is 16.6. The van der Waals surface area contributed by atoms with E-state index < -0.39 is 0 Å². The van der Waals surface area contributed by atoms with Gasteiger partial charge in [0.25, 0.3) is 6.01 Å². The van der Waals surface area contributed by atoms with Gasteiger partial charge >= 0.3 is 0 Å². The monoisotopic (exact) mass is 387 g/mol. The predicted molar refractivity (Wildman–Crippen MR) is 107 cm³/mol. The van der Waals surface area contributed by atoms with Gasteiger partial charge in [0.2, 0.25) is 5.91 Å². The number of aromatic nitrogens is 1. The molecule has 0 radical (unpaired) electrons. The molecule has 2 heterocycles. The van der Waals surface area contributed by atoms with Gasteiger partial charge in [-0.25, -0.2) is 0 Å². The average Bonchev–Trinajstić information content (AvgIpc) is 3.41. The van der Waals surface area contributed by atoms with Gasteiger partial charge in [-0.05, 0) is 50.7 Å². The van der Waals surface area contributed by atoms with Crippen molar-refractivity contribution >= 4 is 23.0 Å². The summed E-state index contributed by atoms with van der Waals surface area (Å²) in [6.07, 6.45) is 4.68. The van der Waals surface area contributed by atoms with Crippen LogP contribution in [0.15, 0.2) is 22.6 Å². The lowest BCUT2D eigenvalue weighted by Crippen LogP contribution is -2.42. The Morgan fingerprint density at radius 3 is 3.04 bits per heavy atom. The molecule has 1 aliphatic carbocycles. The van der Waals surface area contributed by atoms with Crippen LogP contribution in [0.5, 0.6) is 5.75 Å². The van der Waals surface area contributed by atoms with Gasteiger partial charge in [0, 0.05) is 32.1 Å². The highest BCUT2D eigenvalue weighted by atomic mass is 16.5. The number of ether oxygens (including phenoxy) is 2. The molecule has 1 amide bonds. The van der Waals surface area contributed by atoms with Gasteiger partial charge in [0.1, 0.15) is 11.3 Å². The molecule has 2 aliphatic rings. The third kappa shape index (κ3) is 4.95. The standard InChI is InChI=1S/C21H29N3O4/c1-14(22-15(2)25)12-26-18-4-3-9-24(11-18)21-23-19-8-7-17(10-20(19)28-21)27-13-16-5-6-16/h7-8,10,14,16,18H,3-6,9,11-13H2,1-2H3,(H,22,25)/t14-,18?/m0/s1. The van der Waals surface area contributed by atoms with Crippen LogP contribution in [0.1, 0.15) is 39.5 Å². The minimum absolute atomic E-state index is 0.00580. The summed E-state index contributed by atoms with van der Waals surface area (Å²) in [7, 11) is 0. The molecular formula is C21H29N3O4. The van der Waals surface area contributed by atoms with E-state index in [0.717, 1.165) is 55.3 Å². The number of nitrogens with zero attached hydrogens (tertiary/aromatic N) is 2. The molecule has 1 unspecified atom stereocenters. The fraction of sp³-hybridized carbons (Fsp3) is 0.619. The molecule has 4 rings (SSSR count). The van der Waals surface area contributed by atoms with E-state index >= 15 is 0 Å². The zero-order valence-electron chi connectivity index (χ0n) is 16.6. The maximum atomic E-state index is 11.1. The molecule has 2 aromatic rings. The molecule has 1 aliphatic heterocycles. The van der Waals surface area contributed by atoms with E-state index in [-0.39, 0.29) is 18.1 Å². The minimum Gasteiger partial charge on any atom is -0.493 e. The van der Waals surface area contributed by atoms with Crippen LogP contribution in [0, 0.1) is 5.92 Å². The van der Waals surface area contributed by atoms with Crippen LogP contribution < -0.4 is 15.0 Å². The van der Waals surface area contributed by atoms with E-state index in [1.54, 1.807) is 0 Å². The number of nitrogens with one attached hydrogen (secondary N) is 1. The third-order valence-corrected chi connectivity index (χ3v) is 5.21. The maximum Gasteiger partial charge on any atom is 0.298 e. The topological polar surface area (TPSA) is 76.8 Å². The summed E-state index contributed by atoms with van der Waals surface area (Å²) in [5, 5.41) is 2.85. The number of carbonyl (C=O) groups is 1. The summed E-state index contributed by atoms with van der Waals surface area (Å²) >= 11 is 0. The molecule has 2 atom stereocenters. The maximum absolute atomic E-state index is 11.1. The predicted octanol–water partition coefficient (Wildman–Crippen LogP) is 3.13. The summed E-state index contributed by atoms with van der Waals surface area (Å²) in [6.45, 7) is 6.41. The Morgan fingerprint density at radius 1 is 1.39 bits per heavy atom. The SMILES string of the molecule is CC(=O)N[C@@H](C)COC1CCCN(c2nc3ccc(OCC4CC4)cc3o2)C1. The first-order valence-electron chi connectivity index (χ1n) is 10.2. The van der Waals surface area contributed by atoms with Gasteiger partial charge in [-0.15, -0.1) is 0 Å². The number of fused-ring (bicyclic) bond motifs is 1. The summed E-state index contributed by atoms with van der Waals surface area (Å²) in [5.74, 6) is 1.53. The van der Waals surface area contributed by atoms with Crippen LogP contribution in [-0.4, -0.2) is 49.3 Å². The van der Waals surface area contributed by atoms with Gasteiger partial charge < -0.3 is 24.1 Å². The summed E-state index contributed by atoms with van der Waals surface area (Å²) in [5.41, 5.74) is 1.60. The van der Waals surface area contributed by atoms with E-state index in [4.69, 9.17) is 13.9 Å². The summed E-state index contributed by atoms with van der Waals surface area (Å²) in [4.78, 5) is 17.9. The van der Waals surface area contributed by atoms with Crippen molar-refractivity contribution < 1.29 is 18.7 Å². The van der Waals surface area contributed by atoms with Crippen LogP contribution >= 0.6 is 0 Å². The molecule has 152 valence electrons. The molecule has 28 heavy (non-hydrogen) atoms. The van der Waals surface area contributed by atoms with Crippen LogP contribution in [0.2, 0.25) is 0 Å². The Labute approximate surface area is 165 Å². The van der Waals surface area contributed by atoms with Crippen molar-refractivity contribution in [3.63, 3.8) is 0 Å². The lowest BCUT2D eigenvalue weighted by atomic mass is 10.1. The Morgan fingerprint density at radius 2 is 2.25 bits per heavy atom. The lowest BCUT2D eigenvalue weighted by molar-refractivity contribution is -0.120. The second-order valence-corrected chi connectivity index (χ2v) is 8.03. The minimum atomic E-state index is -0.0340. The number of anilines is 1. The highest BCUT2D eigenvalue weighted by Crippen LogP contribution is 2.31. The van der Waals surface area contributed by atoms with Crippen molar-refractivity contribution in [2.24, 2.45) is 5.92 Å². The number of rotatable bonds is 8. The molecule has 7 heteroatoms. The summed E-state index contributed by atoms with van der Waals surface area (Å²) in [6, 6.07) is 6.49. The number of benzene rings is 1. The second-order valence-electron chi connectivity index (χ2n) is 8.03. The first-order chi connectivity index (χ1) is 13.6. The quantitative estimate of drug-likeness (QED) is 0.750. The van der Waals surface area contributed by atoms with Crippen LogP contribution in [0.3, 0.4) is 0 Å². The Balaban J connectivity index is 1.35. The van der Waals surface area contributed by atoms with Crippen LogP contribution in [0.4, 0.5) is 6.01 Å². The normalized spacial score (nSPS) is 20.9. The van der Waals surface area contributed by atoms with E-state index in [2.05, 4.69) is 15.2 Å². The molecule has 0 bridgehead atoms. The lowest BCUT2D eigenvalue weighted by Gasteiger charge is -2.32. The molecule has 2 fully saturated rings. The number of oxazole rings is 1. The van der Waals surface area contributed by atoms with Crippen molar-refractivity contribution in [2.75, 3.05) is 31.2 Å². The second kappa shape index (κ2) is 8.39. The molecule has 1 saturated carbocycles. The largest absolute Gasteiger partial charge is 0.493 e. The van der Waals surface area contributed by atoms with Crippen molar-refractivity contribution in [1.82, 2.24) is 10.3 Å². The molecule has 1 aromatic carbocycles. The van der Waals surface area contributed by atoms with E-state index in [9.17, 15) is 4.79 Å². The first-order valence-corrected chi connectivity index (χ1v) is 10.2. The first kappa shape index (κ1) is 19.1. The van der Waals surface area contributed by atoms with E-state index in [0.29, 0.717) is 12.6 Å². The Bertz CT molecular complexity index is 817. The highest BCUT2D eigenvalue weighted by Gasteiger charge is 2.25. The van der Waals surface area contributed by atoms with E-state index in [1.807, 2.05) is 25.1 Å². The van der Waals surface area contributed by atoms with Gasteiger partial charge in [0.15, 0.2) is 5.58 Å². The fourth-order valence-electron chi connectivity index (χ4n) is 3.53. The Kier molecular flexibility index (Phi) is 5.71. The molecule has 7 nitrogen and oxygen atoms in total. The Hall–Kier alpha value is -2.28. The molecule has 1 aromatic heterocycles. The molecular weight excluding hydrogens is 358 g/mol. The van der Waals surface area contributed by atoms with Crippen molar-refractivity contribution in [2.45, 2.75) is 51.7 Å². The van der Waals surface area contributed by atoms with Crippen molar-refractivity contribution in [3.05, 3.63) is 18.2 Å². The zero-order chi connectivity index (χ0) is 19.5. The molecule has 1 saturated heterocycles. The van der Waals surface area contributed by atoms with Crippen molar-refractivity contribution in [3.8, 4) is 5.75 Å². The van der Waals surface area contributed by atoms with Crippen LogP contribution in [0.25, 0.3) is 11.1 Å². The van der Waals surface area contributed by atoms with Gasteiger partial charge in [-0.2, -0.15) is 4.98 Å². The summed E-state index contributed by atoms with van der Waals surface area (Å²) < 4.78 is 17.9. The number of carbonyl (C=O) groups excluding carboxylic acids is 1. The number of piperidine rings is 1. The van der Waals surface area contributed by atoms with Crippen LogP contribution in [-0.2, 0) is 9.53 Å². The van der Waals surface area contributed by atoms with Gasteiger partial charge in [-0.3, -0.25) is 4.79 Å². The smallest absolute Gasteiger partial charge is 0.298 e. The van der Waals surface area contributed by atoms with Crippen molar-refractivity contribution in [1.29, 1.82) is 0 Å². The van der Waals surface area contributed by atoms with Gasteiger partial charge in [-0.1, -0.05) is 0 Å². The highest BCUT2D eigenvalue weighted by molar-refractivity contribution is 5.76. The fourth-order valence-corrected chi connectivity index (χ4v) is 3.53. The van der Waals surface area contributed by atoms with Gasteiger partial charge in [0.05, 0.1) is 19.3 Å². The number of hydrogen-bond acceptors (Lipinski definition) is 6. The number of amides is 1. The average molecular weight is 387 g/mol. The third-order valence-electron chi connectivity index (χ3n) is 5.21. The molecule has 1 N–H and O–H groups in total. The number of hydrogen-bond donors (Lipinski definition) is 1. The van der Waals surface area contributed by atoms with E-state index in [1.165, 1.54) is 19.8 Å². The molecule has 0 spiro atoms.